The molecule has 2 aliphatic rings. The van der Waals surface area contributed by atoms with Crippen LogP contribution in [0.2, 0.25) is 0 Å². The standard InChI is InChI=1S/C13H21N3O2/c1-9-5-7-14-10(9)11-15-12(16-18-11)13(2)6-3-4-8-17-13/h9-10,14H,3-8H2,1-2H3. The van der Waals surface area contributed by atoms with Crippen LogP contribution in [-0.4, -0.2) is 23.3 Å². The van der Waals surface area contributed by atoms with Crippen LogP contribution in [0.25, 0.3) is 0 Å². The van der Waals surface area contributed by atoms with E-state index in [0.717, 1.165) is 32.4 Å². The van der Waals surface area contributed by atoms with Crippen molar-refractivity contribution in [2.75, 3.05) is 13.2 Å². The molecule has 0 spiro atoms. The smallest absolute Gasteiger partial charge is 0.244 e. The minimum Gasteiger partial charge on any atom is -0.367 e. The summed E-state index contributed by atoms with van der Waals surface area (Å²) in [6.07, 6.45) is 4.43. The molecule has 2 aliphatic heterocycles. The Bertz CT molecular complexity index is 412. The van der Waals surface area contributed by atoms with E-state index >= 15 is 0 Å². The van der Waals surface area contributed by atoms with Gasteiger partial charge in [-0.25, -0.2) is 0 Å². The van der Waals surface area contributed by atoms with E-state index in [2.05, 4.69) is 29.3 Å². The quantitative estimate of drug-likeness (QED) is 0.872. The van der Waals surface area contributed by atoms with Gasteiger partial charge in [-0.1, -0.05) is 12.1 Å². The maximum absolute atomic E-state index is 5.85. The van der Waals surface area contributed by atoms with Gasteiger partial charge in [0.25, 0.3) is 0 Å². The topological polar surface area (TPSA) is 60.2 Å². The van der Waals surface area contributed by atoms with Gasteiger partial charge in [0.05, 0.1) is 6.04 Å². The average molecular weight is 251 g/mol. The number of rotatable bonds is 2. The maximum atomic E-state index is 5.85. The van der Waals surface area contributed by atoms with Crippen LogP contribution in [-0.2, 0) is 10.3 Å². The number of aromatic nitrogens is 2. The minimum atomic E-state index is -0.359. The molecule has 1 aromatic rings. The third-order valence-corrected chi connectivity index (χ3v) is 4.18. The summed E-state index contributed by atoms with van der Waals surface area (Å²) in [7, 11) is 0. The van der Waals surface area contributed by atoms with Gasteiger partial charge in [-0.3, -0.25) is 0 Å². The summed E-state index contributed by atoms with van der Waals surface area (Å²) in [6.45, 7) is 6.09. The van der Waals surface area contributed by atoms with Crippen LogP contribution in [0, 0.1) is 5.92 Å². The largest absolute Gasteiger partial charge is 0.367 e. The first-order chi connectivity index (χ1) is 8.69. The van der Waals surface area contributed by atoms with Gasteiger partial charge < -0.3 is 14.6 Å². The number of ether oxygens (including phenoxy) is 1. The van der Waals surface area contributed by atoms with Crippen molar-refractivity contribution in [1.29, 1.82) is 0 Å². The zero-order valence-corrected chi connectivity index (χ0v) is 11.1. The molecule has 3 heterocycles. The lowest BCUT2D eigenvalue weighted by Crippen LogP contribution is -2.31. The Morgan fingerprint density at radius 3 is 2.94 bits per heavy atom. The average Bonchev–Trinajstić information content (AvgIpc) is 2.98. The molecule has 5 heteroatoms. The fraction of sp³-hybridized carbons (Fsp3) is 0.846. The van der Waals surface area contributed by atoms with E-state index < -0.39 is 0 Å². The molecule has 2 saturated heterocycles. The second-order valence-corrected chi connectivity index (χ2v) is 5.69. The maximum Gasteiger partial charge on any atom is 0.244 e. The first-order valence-corrected chi connectivity index (χ1v) is 6.90. The van der Waals surface area contributed by atoms with Gasteiger partial charge in [-0.05, 0) is 45.1 Å². The Labute approximate surface area is 107 Å². The Balaban J connectivity index is 1.80. The molecule has 0 aliphatic carbocycles. The van der Waals surface area contributed by atoms with Gasteiger partial charge in [-0.2, -0.15) is 4.98 Å². The van der Waals surface area contributed by atoms with E-state index in [9.17, 15) is 0 Å². The summed E-state index contributed by atoms with van der Waals surface area (Å²) in [5, 5.41) is 7.55. The molecule has 0 radical (unpaired) electrons. The van der Waals surface area contributed by atoms with Gasteiger partial charge in [0, 0.05) is 6.61 Å². The molecule has 3 atom stereocenters. The Morgan fingerprint density at radius 1 is 1.39 bits per heavy atom. The minimum absolute atomic E-state index is 0.207. The van der Waals surface area contributed by atoms with Crippen molar-refractivity contribution in [2.45, 2.75) is 51.2 Å². The molecule has 1 N–H and O–H groups in total. The molecule has 0 amide bonds. The first kappa shape index (κ1) is 12.1. The molecule has 2 fully saturated rings. The lowest BCUT2D eigenvalue weighted by molar-refractivity contribution is -0.0770. The van der Waals surface area contributed by atoms with Crippen molar-refractivity contribution >= 4 is 0 Å². The molecular formula is C13H21N3O2. The second-order valence-electron chi connectivity index (χ2n) is 5.69. The van der Waals surface area contributed by atoms with Crippen molar-refractivity contribution in [3.8, 4) is 0 Å². The van der Waals surface area contributed by atoms with Gasteiger partial charge >= 0.3 is 0 Å². The first-order valence-electron chi connectivity index (χ1n) is 6.90. The predicted octanol–water partition coefficient (Wildman–Crippen LogP) is 2.16. The zero-order valence-electron chi connectivity index (χ0n) is 11.1. The van der Waals surface area contributed by atoms with Gasteiger partial charge in [0.1, 0.15) is 5.60 Å². The summed E-state index contributed by atoms with van der Waals surface area (Å²) in [5.41, 5.74) is -0.359. The third-order valence-electron chi connectivity index (χ3n) is 4.18. The van der Waals surface area contributed by atoms with Crippen LogP contribution >= 0.6 is 0 Å². The van der Waals surface area contributed by atoms with Gasteiger partial charge in [0.15, 0.2) is 0 Å². The number of nitrogens with zero attached hydrogens (tertiary/aromatic N) is 2. The van der Waals surface area contributed by atoms with Crippen molar-refractivity contribution in [3.05, 3.63) is 11.7 Å². The van der Waals surface area contributed by atoms with Crippen molar-refractivity contribution in [2.24, 2.45) is 5.92 Å². The highest BCUT2D eigenvalue weighted by Crippen LogP contribution is 2.34. The Morgan fingerprint density at radius 2 is 2.28 bits per heavy atom. The van der Waals surface area contributed by atoms with E-state index in [1.165, 1.54) is 6.42 Å². The van der Waals surface area contributed by atoms with Crippen LogP contribution in [0.5, 0.6) is 0 Å². The highest BCUT2D eigenvalue weighted by molar-refractivity contribution is 5.04. The summed E-state index contributed by atoms with van der Waals surface area (Å²) < 4.78 is 11.3. The molecule has 5 nitrogen and oxygen atoms in total. The van der Waals surface area contributed by atoms with E-state index in [1.54, 1.807) is 0 Å². The fourth-order valence-electron chi connectivity index (χ4n) is 2.85. The lowest BCUT2D eigenvalue weighted by Gasteiger charge is -2.30. The van der Waals surface area contributed by atoms with E-state index in [-0.39, 0.29) is 11.6 Å². The number of hydrogen-bond acceptors (Lipinski definition) is 5. The van der Waals surface area contributed by atoms with Crippen LogP contribution in [0.3, 0.4) is 0 Å². The van der Waals surface area contributed by atoms with Gasteiger partial charge in [0.2, 0.25) is 11.7 Å². The zero-order chi connectivity index (χ0) is 12.6. The van der Waals surface area contributed by atoms with Crippen LogP contribution < -0.4 is 5.32 Å². The summed E-state index contributed by atoms with van der Waals surface area (Å²) in [4.78, 5) is 4.57. The van der Waals surface area contributed by atoms with E-state index in [1.807, 2.05) is 0 Å². The van der Waals surface area contributed by atoms with Crippen molar-refractivity contribution < 1.29 is 9.26 Å². The Kier molecular flexibility index (Phi) is 3.11. The van der Waals surface area contributed by atoms with Crippen molar-refractivity contribution in [3.63, 3.8) is 0 Å². The molecule has 0 aromatic carbocycles. The lowest BCUT2D eigenvalue weighted by atomic mass is 9.95. The number of hydrogen-bond donors (Lipinski definition) is 1. The molecule has 3 rings (SSSR count). The van der Waals surface area contributed by atoms with Crippen molar-refractivity contribution in [1.82, 2.24) is 15.5 Å². The normalized spacial score (nSPS) is 37.0. The predicted molar refractivity (Wildman–Crippen MR) is 66.0 cm³/mol. The molecule has 0 saturated carbocycles. The fourth-order valence-corrected chi connectivity index (χ4v) is 2.85. The number of nitrogens with one attached hydrogen (secondary N) is 1. The van der Waals surface area contributed by atoms with Gasteiger partial charge in [-0.15, -0.1) is 0 Å². The Hall–Kier alpha value is -0.940. The van der Waals surface area contributed by atoms with Crippen LogP contribution in [0.1, 0.15) is 57.3 Å². The monoisotopic (exact) mass is 251 g/mol. The molecular weight excluding hydrogens is 230 g/mol. The van der Waals surface area contributed by atoms with E-state index in [0.29, 0.717) is 17.6 Å². The van der Waals surface area contributed by atoms with Crippen LogP contribution in [0.4, 0.5) is 0 Å². The highest BCUT2D eigenvalue weighted by atomic mass is 16.5. The third kappa shape index (κ3) is 2.06. The SMILES string of the molecule is CC1CCNC1c1nc(C2(C)CCCCO2)no1. The van der Waals surface area contributed by atoms with Crippen LogP contribution in [0.15, 0.2) is 4.52 Å². The summed E-state index contributed by atoms with van der Waals surface area (Å²) in [5.74, 6) is 1.97. The van der Waals surface area contributed by atoms with E-state index in [4.69, 9.17) is 9.26 Å². The summed E-state index contributed by atoms with van der Waals surface area (Å²) >= 11 is 0. The highest BCUT2D eigenvalue weighted by Gasteiger charge is 2.37. The molecule has 1 aromatic heterocycles. The molecule has 3 unspecified atom stereocenters. The molecule has 0 bridgehead atoms. The molecule has 18 heavy (non-hydrogen) atoms. The second kappa shape index (κ2) is 4.63. The molecule has 100 valence electrons. The summed E-state index contributed by atoms with van der Waals surface area (Å²) in [6, 6.07) is 0.207.